The number of carbonyl (C=O) groups excluding carboxylic acids is 1. The number of non-ortho nitro benzene ring substituents is 1. The van der Waals surface area contributed by atoms with Crippen LogP contribution in [0.5, 0.6) is 0 Å². The van der Waals surface area contributed by atoms with Crippen LogP contribution in [0.1, 0.15) is 15.9 Å². The second-order valence-electron chi connectivity index (χ2n) is 6.16. The average Bonchev–Trinajstić information content (AvgIpc) is 2.73. The van der Waals surface area contributed by atoms with E-state index in [1.54, 1.807) is 0 Å². The van der Waals surface area contributed by atoms with Gasteiger partial charge in [0.2, 0.25) is 10.0 Å². The number of carbonyl (C=O) groups is 1. The molecule has 0 radical (unpaired) electrons. The Morgan fingerprint density at radius 1 is 1.17 bits per heavy atom. The van der Waals surface area contributed by atoms with Crippen LogP contribution in [-0.4, -0.2) is 49.9 Å². The van der Waals surface area contributed by atoms with E-state index in [9.17, 15) is 27.7 Å². The van der Waals surface area contributed by atoms with E-state index in [-0.39, 0.29) is 44.2 Å². The minimum atomic E-state index is -4.12. The number of hydrogen-bond acceptors (Lipinski definition) is 7. The summed E-state index contributed by atoms with van der Waals surface area (Å²) in [4.78, 5) is 21.8. The first kappa shape index (κ1) is 20.8. The Morgan fingerprint density at radius 2 is 1.83 bits per heavy atom. The summed E-state index contributed by atoms with van der Waals surface area (Å²) in [5.41, 5.74) is 0.281. The first-order valence-electron chi connectivity index (χ1n) is 8.57. The van der Waals surface area contributed by atoms with Crippen molar-refractivity contribution >= 4 is 21.7 Å². The lowest BCUT2D eigenvalue weighted by atomic mass is 10.2. The molecule has 1 aliphatic rings. The van der Waals surface area contributed by atoms with Gasteiger partial charge in [-0.1, -0.05) is 0 Å². The molecule has 2 aromatic carbocycles. The lowest BCUT2D eigenvalue weighted by molar-refractivity contribution is -0.384. The van der Waals surface area contributed by atoms with E-state index in [1.807, 2.05) is 0 Å². The Morgan fingerprint density at radius 3 is 2.45 bits per heavy atom. The largest absolute Gasteiger partial charge is 0.457 e. The number of rotatable bonds is 6. The van der Waals surface area contributed by atoms with Crippen molar-refractivity contribution < 1.29 is 32.0 Å². The zero-order valence-electron chi connectivity index (χ0n) is 15.1. The van der Waals surface area contributed by atoms with Gasteiger partial charge in [0.05, 0.1) is 23.7 Å². The first-order chi connectivity index (χ1) is 13.8. The van der Waals surface area contributed by atoms with Gasteiger partial charge in [-0.2, -0.15) is 4.31 Å². The van der Waals surface area contributed by atoms with Crippen LogP contribution < -0.4 is 0 Å². The third kappa shape index (κ3) is 4.75. The van der Waals surface area contributed by atoms with Crippen LogP contribution in [0.4, 0.5) is 10.1 Å². The fourth-order valence-corrected chi connectivity index (χ4v) is 4.20. The summed E-state index contributed by atoms with van der Waals surface area (Å²) in [6, 6.07) is 8.39. The molecular formula is C18H17FN2O7S. The highest BCUT2D eigenvalue weighted by Gasteiger charge is 2.30. The number of nitro groups is 1. The zero-order valence-corrected chi connectivity index (χ0v) is 15.9. The molecule has 0 unspecified atom stereocenters. The van der Waals surface area contributed by atoms with Crippen LogP contribution in [-0.2, 0) is 26.1 Å². The Balaban J connectivity index is 1.74. The minimum absolute atomic E-state index is 0.0938. The molecule has 1 aliphatic heterocycles. The number of benzene rings is 2. The molecule has 3 rings (SSSR count). The summed E-state index contributed by atoms with van der Waals surface area (Å²) in [7, 11) is -4.12. The van der Waals surface area contributed by atoms with Crippen molar-refractivity contribution in [3.8, 4) is 0 Å². The van der Waals surface area contributed by atoms with Gasteiger partial charge in [0.25, 0.3) is 5.69 Å². The monoisotopic (exact) mass is 424 g/mol. The van der Waals surface area contributed by atoms with Crippen molar-refractivity contribution in [2.75, 3.05) is 26.3 Å². The molecule has 0 N–H and O–H groups in total. The van der Waals surface area contributed by atoms with Crippen LogP contribution >= 0.6 is 0 Å². The maximum absolute atomic E-state index is 14.2. The Hall–Kier alpha value is -2.89. The van der Waals surface area contributed by atoms with Crippen molar-refractivity contribution in [2.24, 2.45) is 0 Å². The van der Waals surface area contributed by atoms with Crippen LogP contribution in [0, 0.1) is 15.9 Å². The van der Waals surface area contributed by atoms with Crippen LogP contribution in [0.15, 0.2) is 47.4 Å². The van der Waals surface area contributed by atoms with Crippen LogP contribution in [0.3, 0.4) is 0 Å². The SMILES string of the molecule is O=C(OCc1ccc([N+](=O)[O-])cc1)c1ccc(F)c(S(=O)(=O)N2CCOCC2)c1. The molecule has 0 saturated carbocycles. The standard InChI is InChI=1S/C18H17FN2O7S/c19-16-6-3-14(11-17(16)29(25,26)20-7-9-27-10-8-20)18(22)28-12-13-1-4-15(5-2-13)21(23)24/h1-6,11H,7-10,12H2. The number of esters is 1. The summed E-state index contributed by atoms with van der Waals surface area (Å²) >= 11 is 0. The van der Waals surface area contributed by atoms with Gasteiger partial charge in [0, 0.05) is 25.2 Å². The fourth-order valence-electron chi connectivity index (χ4n) is 2.70. The highest BCUT2D eigenvalue weighted by atomic mass is 32.2. The highest BCUT2D eigenvalue weighted by Crippen LogP contribution is 2.22. The van der Waals surface area contributed by atoms with E-state index in [4.69, 9.17) is 9.47 Å². The summed E-state index contributed by atoms with van der Waals surface area (Å²) < 4.78 is 50.9. The molecule has 0 bridgehead atoms. The number of halogens is 1. The van der Waals surface area contributed by atoms with Crippen molar-refractivity contribution in [3.05, 3.63) is 69.5 Å². The number of sulfonamides is 1. The van der Waals surface area contributed by atoms with Gasteiger partial charge in [0.1, 0.15) is 17.3 Å². The zero-order chi connectivity index (χ0) is 21.0. The van der Waals surface area contributed by atoms with Gasteiger partial charge in [-0.15, -0.1) is 0 Å². The molecule has 0 atom stereocenters. The molecule has 0 spiro atoms. The predicted octanol–water partition coefficient (Wildman–Crippen LogP) is 2.11. The second kappa shape index (κ2) is 8.64. The number of ether oxygens (including phenoxy) is 2. The molecular weight excluding hydrogens is 407 g/mol. The Kier molecular flexibility index (Phi) is 6.20. The lowest BCUT2D eigenvalue weighted by Crippen LogP contribution is -2.41. The quantitative estimate of drug-likeness (QED) is 0.396. The van der Waals surface area contributed by atoms with E-state index in [1.165, 1.54) is 24.3 Å². The fraction of sp³-hybridized carbons (Fsp3) is 0.278. The topological polar surface area (TPSA) is 116 Å². The summed E-state index contributed by atoms with van der Waals surface area (Å²) in [6.45, 7) is 0.419. The maximum atomic E-state index is 14.2. The van der Waals surface area contributed by atoms with Gasteiger partial charge in [-0.3, -0.25) is 10.1 Å². The molecule has 1 heterocycles. The second-order valence-corrected chi connectivity index (χ2v) is 8.07. The average molecular weight is 424 g/mol. The number of nitrogens with zero attached hydrogens (tertiary/aromatic N) is 2. The maximum Gasteiger partial charge on any atom is 0.338 e. The number of nitro benzene ring substituents is 1. The number of morpholine rings is 1. The van der Waals surface area contributed by atoms with Gasteiger partial charge in [-0.25, -0.2) is 17.6 Å². The van der Waals surface area contributed by atoms with Crippen molar-refractivity contribution in [1.82, 2.24) is 4.31 Å². The van der Waals surface area contributed by atoms with Crippen molar-refractivity contribution in [1.29, 1.82) is 0 Å². The van der Waals surface area contributed by atoms with E-state index in [2.05, 4.69) is 0 Å². The van der Waals surface area contributed by atoms with E-state index in [0.29, 0.717) is 5.56 Å². The van der Waals surface area contributed by atoms with Crippen molar-refractivity contribution in [3.63, 3.8) is 0 Å². The third-order valence-corrected chi connectivity index (χ3v) is 6.19. The Labute approximate surface area is 165 Å². The number of hydrogen-bond donors (Lipinski definition) is 0. The van der Waals surface area contributed by atoms with Gasteiger partial charge in [0.15, 0.2) is 0 Å². The lowest BCUT2D eigenvalue weighted by Gasteiger charge is -2.26. The third-order valence-electron chi connectivity index (χ3n) is 4.27. The van der Waals surface area contributed by atoms with Gasteiger partial charge in [-0.05, 0) is 35.9 Å². The minimum Gasteiger partial charge on any atom is -0.457 e. The molecule has 11 heteroatoms. The van der Waals surface area contributed by atoms with E-state index >= 15 is 0 Å². The van der Waals surface area contributed by atoms with Crippen LogP contribution in [0.25, 0.3) is 0 Å². The molecule has 0 aliphatic carbocycles. The Bertz CT molecular complexity index is 1020. The molecule has 2 aromatic rings. The molecule has 1 fully saturated rings. The van der Waals surface area contributed by atoms with Crippen LogP contribution in [0.2, 0.25) is 0 Å². The summed E-state index contributed by atoms with van der Waals surface area (Å²) in [5.74, 6) is -1.81. The highest BCUT2D eigenvalue weighted by molar-refractivity contribution is 7.89. The molecule has 154 valence electrons. The molecule has 0 amide bonds. The molecule has 29 heavy (non-hydrogen) atoms. The van der Waals surface area contributed by atoms with E-state index in [0.717, 1.165) is 22.5 Å². The van der Waals surface area contributed by atoms with E-state index < -0.39 is 31.6 Å². The molecule has 9 nitrogen and oxygen atoms in total. The van der Waals surface area contributed by atoms with Gasteiger partial charge < -0.3 is 9.47 Å². The molecule has 0 aromatic heterocycles. The van der Waals surface area contributed by atoms with Gasteiger partial charge >= 0.3 is 5.97 Å². The summed E-state index contributed by atoms with van der Waals surface area (Å²) in [6.07, 6.45) is 0. The summed E-state index contributed by atoms with van der Waals surface area (Å²) in [5, 5.41) is 10.6. The normalized spacial score (nSPS) is 15.1. The smallest absolute Gasteiger partial charge is 0.338 e. The predicted molar refractivity (Wildman–Crippen MR) is 98.2 cm³/mol. The van der Waals surface area contributed by atoms with Crippen molar-refractivity contribution in [2.45, 2.75) is 11.5 Å². The molecule has 1 saturated heterocycles. The first-order valence-corrected chi connectivity index (χ1v) is 10.0.